The van der Waals surface area contributed by atoms with Crippen LogP contribution in [0.25, 0.3) is 11.6 Å². The molecular formula is C26H30N8. The summed E-state index contributed by atoms with van der Waals surface area (Å²) < 4.78 is 3.52. The van der Waals surface area contributed by atoms with Gasteiger partial charge in [0.1, 0.15) is 17.6 Å². The molecule has 8 nitrogen and oxygen atoms in total. The van der Waals surface area contributed by atoms with Gasteiger partial charge >= 0.3 is 0 Å². The molecule has 0 unspecified atom stereocenters. The van der Waals surface area contributed by atoms with Crippen LogP contribution in [0, 0.1) is 23.7 Å². The number of allylic oxidation sites excluding steroid dienone is 1. The predicted octanol–water partition coefficient (Wildman–Crippen LogP) is 3.69. The lowest BCUT2D eigenvalue weighted by atomic mass is 9.90. The van der Waals surface area contributed by atoms with Gasteiger partial charge < -0.3 is 11.1 Å². The van der Waals surface area contributed by atoms with E-state index in [1.807, 2.05) is 49.0 Å². The van der Waals surface area contributed by atoms with E-state index < -0.39 is 0 Å². The minimum Gasteiger partial charge on any atom is -0.382 e. The van der Waals surface area contributed by atoms with E-state index in [-0.39, 0.29) is 11.8 Å². The van der Waals surface area contributed by atoms with Gasteiger partial charge in [0.05, 0.1) is 23.5 Å². The maximum absolute atomic E-state index is 10.2. The van der Waals surface area contributed by atoms with Crippen molar-refractivity contribution < 1.29 is 0 Å². The van der Waals surface area contributed by atoms with Gasteiger partial charge in [-0.15, -0.1) is 0 Å². The maximum Gasteiger partial charge on any atom is 0.142 e. The Bertz CT molecular complexity index is 1280. The van der Waals surface area contributed by atoms with E-state index in [0.29, 0.717) is 23.4 Å². The first kappa shape index (κ1) is 23.2. The van der Waals surface area contributed by atoms with Crippen molar-refractivity contribution >= 4 is 24.2 Å². The summed E-state index contributed by atoms with van der Waals surface area (Å²) in [5.41, 5.74) is 12.2. The van der Waals surface area contributed by atoms with E-state index in [9.17, 15) is 5.26 Å². The Morgan fingerprint density at radius 3 is 2.68 bits per heavy atom. The summed E-state index contributed by atoms with van der Waals surface area (Å²) in [4.78, 5) is 0. The van der Waals surface area contributed by atoms with E-state index >= 15 is 0 Å². The lowest BCUT2D eigenvalue weighted by molar-refractivity contribution is 0.444. The van der Waals surface area contributed by atoms with Crippen LogP contribution in [0.15, 0.2) is 41.6 Å². The molecule has 0 spiro atoms. The minimum atomic E-state index is -0.141. The van der Waals surface area contributed by atoms with Crippen LogP contribution in [-0.4, -0.2) is 40.1 Å². The summed E-state index contributed by atoms with van der Waals surface area (Å²) in [6, 6.07) is 12.6. The number of nitrogens with two attached hydrogens (primary N) is 1. The summed E-state index contributed by atoms with van der Waals surface area (Å²) >= 11 is 0. The van der Waals surface area contributed by atoms with Crippen molar-refractivity contribution in [2.45, 2.75) is 39.2 Å². The molecule has 3 heterocycles. The average Bonchev–Trinajstić information content (AvgIpc) is 3.36. The Balaban J connectivity index is 1.79. The van der Waals surface area contributed by atoms with Crippen molar-refractivity contribution in [2.24, 2.45) is 10.8 Å². The van der Waals surface area contributed by atoms with Crippen LogP contribution in [0.2, 0.25) is 0 Å². The second kappa shape index (κ2) is 9.89. The fourth-order valence-electron chi connectivity index (χ4n) is 4.75. The van der Waals surface area contributed by atoms with Gasteiger partial charge in [-0.3, -0.25) is 10.1 Å². The van der Waals surface area contributed by atoms with Gasteiger partial charge in [-0.05, 0) is 62.6 Å². The van der Waals surface area contributed by atoms with E-state index in [0.717, 1.165) is 48.5 Å². The third-order valence-electron chi connectivity index (χ3n) is 6.33. The Labute approximate surface area is 199 Å². The summed E-state index contributed by atoms with van der Waals surface area (Å²) in [5.74, 6) is 0.00558. The second-order valence-corrected chi connectivity index (χ2v) is 8.69. The highest BCUT2D eigenvalue weighted by molar-refractivity contribution is 6.02. The number of benzene rings is 1. The number of aromatic nitrogens is 3. The molecule has 3 aromatic rings. The molecule has 1 aromatic carbocycles. The molecule has 1 aliphatic rings. The van der Waals surface area contributed by atoms with Crippen LogP contribution in [0.4, 0.5) is 0 Å². The molecule has 0 aliphatic carbocycles. The fraction of sp³-hybridized carbons (Fsp3) is 0.308. The normalized spacial score (nSPS) is 14.7. The number of nitrogens with one attached hydrogen (secondary N) is 2. The first-order valence-corrected chi connectivity index (χ1v) is 11.4. The molecule has 8 heteroatoms. The molecule has 2 aromatic heterocycles. The zero-order valence-corrected chi connectivity index (χ0v) is 19.7. The molecule has 1 aliphatic heterocycles. The molecule has 0 saturated carbocycles. The van der Waals surface area contributed by atoms with Crippen molar-refractivity contribution in [1.29, 1.82) is 10.7 Å². The Morgan fingerprint density at radius 2 is 2.06 bits per heavy atom. The molecule has 0 atom stereocenters. The highest BCUT2D eigenvalue weighted by Gasteiger charge is 2.31. The topological polar surface area (TPSA) is 121 Å². The molecule has 0 bridgehead atoms. The van der Waals surface area contributed by atoms with Crippen molar-refractivity contribution in [3.63, 3.8) is 0 Å². The SMILES string of the molecule is C=Nn1c(C(=N)N)c(/C(C)=C/c2nn(Cc3ccccc3)cc2C)c(C#N)c1C1CCNCC1. The largest absolute Gasteiger partial charge is 0.382 e. The van der Waals surface area contributed by atoms with Gasteiger partial charge in [0.2, 0.25) is 0 Å². The molecule has 1 saturated heterocycles. The Kier molecular flexibility index (Phi) is 6.75. The van der Waals surface area contributed by atoms with E-state index in [1.165, 1.54) is 5.56 Å². The molecule has 1 fully saturated rings. The van der Waals surface area contributed by atoms with Crippen molar-refractivity contribution in [3.05, 3.63) is 75.9 Å². The van der Waals surface area contributed by atoms with Gasteiger partial charge in [-0.25, -0.2) is 4.68 Å². The van der Waals surface area contributed by atoms with Crippen LogP contribution in [0.1, 0.15) is 65.0 Å². The molecule has 0 amide bonds. The Morgan fingerprint density at radius 1 is 1.35 bits per heavy atom. The molecule has 4 N–H and O–H groups in total. The summed E-state index contributed by atoms with van der Waals surface area (Å²) in [6.45, 7) is 10.1. The summed E-state index contributed by atoms with van der Waals surface area (Å²) in [7, 11) is 0. The van der Waals surface area contributed by atoms with Crippen LogP contribution in [0.5, 0.6) is 0 Å². The zero-order chi connectivity index (χ0) is 24.2. The average molecular weight is 455 g/mol. The number of hydrogen-bond acceptors (Lipinski definition) is 5. The number of amidine groups is 1. The number of piperidine rings is 1. The first-order valence-electron chi connectivity index (χ1n) is 11.4. The lowest BCUT2D eigenvalue weighted by Gasteiger charge is -2.23. The Hall–Kier alpha value is -3.96. The number of rotatable bonds is 7. The fourth-order valence-corrected chi connectivity index (χ4v) is 4.75. The number of nitrogens with zero attached hydrogens (tertiary/aromatic N) is 5. The zero-order valence-electron chi connectivity index (χ0n) is 19.7. The molecule has 174 valence electrons. The van der Waals surface area contributed by atoms with Crippen LogP contribution >= 0.6 is 0 Å². The quantitative estimate of drug-likeness (QED) is 0.372. The smallest absolute Gasteiger partial charge is 0.142 e. The van der Waals surface area contributed by atoms with Gasteiger partial charge in [0.15, 0.2) is 0 Å². The van der Waals surface area contributed by atoms with Gasteiger partial charge in [0.25, 0.3) is 0 Å². The van der Waals surface area contributed by atoms with E-state index in [4.69, 9.17) is 16.2 Å². The first-order chi connectivity index (χ1) is 16.4. The molecule has 4 rings (SSSR count). The lowest BCUT2D eigenvalue weighted by Crippen LogP contribution is -2.28. The van der Waals surface area contributed by atoms with E-state index in [2.05, 4.69) is 35.3 Å². The number of aryl methyl sites for hydroxylation is 1. The van der Waals surface area contributed by atoms with Crippen molar-refractivity contribution in [3.8, 4) is 6.07 Å². The molecular weight excluding hydrogens is 424 g/mol. The van der Waals surface area contributed by atoms with Gasteiger partial charge in [0, 0.05) is 24.4 Å². The minimum absolute atomic E-state index is 0.141. The summed E-state index contributed by atoms with van der Waals surface area (Å²) in [6.07, 6.45) is 5.74. The standard InChI is InChI=1S/C26H30N8/c1-17(13-22-18(2)15-33(32-22)16-19-7-5-4-6-8-19)23-21(14-27)24(20-9-11-31-12-10-20)34(30-3)25(23)26(28)29/h4-8,13,15,20,31H,3,9-12,16H2,1-2H3,(H3,28,29)/b17-13+. The number of nitriles is 1. The van der Waals surface area contributed by atoms with Crippen molar-refractivity contribution in [2.75, 3.05) is 13.1 Å². The van der Waals surface area contributed by atoms with Crippen molar-refractivity contribution in [1.82, 2.24) is 19.8 Å². The van der Waals surface area contributed by atoms with Crippen LogP contribution in [-0.2, 0) is 6.54 Å². The van der Waals surface area contributed by atoms with Crippen LogP contribution in [0.3, 0.4) is 0 Å². The third-order valence-corrected chi connectivity index (χ3v) is 6.33. The third kappa shape index (κ3) is 4.43. The van der Waals surface area contributed by atoms with Gasteiger partial charge in [-0.1, -0.05) is 30.3 Å². The van der Waals surface area contributed by atoms with E-state index in [1.54, 1.807) is 4.68 Å². The second-order valence-electron chi connectivity index (χ2n) is 8.69. The summed E-state index contributed by atoms with van der Waals surface area (Å²) in [5, 5.41) is 30.7. The molecule has 0 radical (unpaired) electrons. The maximum atomic E-state index is 10.2. The highest BCUT2D eigenvalue weighted by Crippen LogP contribution is 2.37. The molecule has 34 heavy (non-hydrogen) atoms. The van der Waals surface area contributed by atoms with Crippen LogP contribution < -0.4 is 11.1 Å². The number of hydrogen-bond donors (Lipinski definition) is 3. The predicted molar refractivity (Wildman–Crippen MR) is 136 cm³/mol. The highest BCUT2D eigenvalue weighted by atomic mass is 15.4. The van der Waals surface area contributed by atoms with Gasteiger partial charge in [-0.2, -0.15) is 15.5 Å². The monoisotopic (exact) mass is 454 g/mol. The number of nitrogen functional groups attached to an aromatic ring is 1.